The van der Waals surface area contributed by atoms with E-state index in [1.807, 2.05) is 0 Å². The van der Waals surface area contributed by atoms with E-state index in [1.165, 1.54) is 103 Å². The lowest BCUT2D eigenvalue weighted by atomic mass is 9.98. The van der Waals surface area contributed by atoms with Crippen molar-refractivity contribution in [1.29, 1.82) is 0 Å². The highest BCUT2D eigenvalue weighted by Crippen LogP contribution is 2.40. The Bertz CT molecular complexity index is 2430. The molecule has 6 saturated heterocycles. The number of nitrogens with one attached hydrogen (secondary N) is 1. The van der Waals surface area contributed by atoms with Crippen molar-refractivity contribution < 1.29 is 169 Å². The van der Waals surface area contributed by atoms with Crippen LogP contribution in [0.15, 0.2) is 0 Å². The number of aliphatic hydroxyl groups is 21. The third-order valence-electron chi connectivity index (χ3n) is 22.2. The van der Waals surface area contributed by atoms with Crippen molar-refractivity contribution in [2.45, 2.75) is 422 Å². The number of rotatable bonds is 57. The lowest BCUT2D eigenvalue weighted by Crippen LogP contribution is -2.64. The summed E-state index contributed by atoms with van der Waals surface area (Å²) < 4.78 is 70.6. The van der Waals surface area contributed by atoms with Gasteiger partial charge in [0.25, 0.3) is 0 Å². The molecule has 0 aliphatic carbocycles. The van der Waals surface area contributed by atoms with Gasteiger partial charge in [-0.05, 0) is 18.8 Å². The number of carbonyl (C=O) groups is 1. The fraction of sp³-hybridized carbons (Fsp3) is 0.987. The first kappa shape index (κ1) is 98.0. The zero-order valence-corrected chi connectivity index (χ0v) is 65.2. The maximum atomic E-state index is 13.7. The average Bonchev–Trinajstić information content (AvgIpc) is 1.64. The van der Waals surface area contributed by atoms with Gasteiger partial charge in [-0.2, -0.15) is 0 Å². The Balaban J connectivity index is 1.08. The van der Waals surface area contributed by atoms with E-state index in [4.69, 9.17) is 56.8 Å². The van der Waals surface area contributed by atoms with Crippen LogP contribution in [0.1, 0.15) is 220 Å². The summed E-state index contributed by atoms with van der Waals surface area (Å²) in [6.45, 7) is 0.374. The van der Waals surface area contributed by atoms with Gasteiger partial charge >= 0.3 is 0 Å². The summed E-state index contributed by atoms with van der Waals surface area (Å²) in [5, 5.41) is 233. The molecule has 35 heteroatoms. The fourth-order valence-electron chi connectivity index (χ4n) is 15.1. The minimum atomic E-state index is -2.30. The van der Waals surface area contributed by atoms with Gasteiger partial charge in [-0.1, -0.05) is 207 Å². The van der Waals surface area contributed by atoms with E-state index in [9.17, 15) is 112 Å². The molecule has 6 heterocycles. The van der Waals surface area contributed by atoms with Gasteiger partial charge in [-0.15, -0.1) is 0 Å². The van der Waals surface area contributed by atoms with E-state index in [0.717, 1.165) is 70.6 Å². The standard InChI is InChI=1S/C76H141NO34/c1-4-5-6-7-8-9-10-11-12-13-14-15-16-17-18-19-20-25-28-31-34-45(83)70(99)77-43(52(88)44(82)33-30-27-24-22-21-23-26-29-32-42(2)3)39-100-71-59(95)56(92)54(90)51(104-71)41-102-75-67(53(89)49(87)40-101-75)109-74-62(98)66(55(91)50(38-81)103-74)108-76-69(111-73-61(97)58(94)64(106-73)47(85)36-79)68(65(107-76)48(86)37-80)110-72-60(96)57(93)63(105-72)46(84)35-78/h42-69,71-76,78-98H,4-41H2,1-3H3,(H,77,99)/t43-,44+,45?,46+,47+,48+,49+,50+,51+,52-,53+,54+,55-,56-,57+,58+,59+,60+,61+,62+,63-,64-,65-,66-,67-,68-,69+,71+,72+,73+,74+,75-,76-/m0/s1. The molecule has 6 aliphatic rings. The van der Waals surface area contributed by atoms with Crippen LogP contribution in [0.5, 0.6) is 0 Å². The van der Waals surface area contributed by atoms with E-state index >= 15 is 0 Å². The first-order valence-electron chi connectivity index (χ1n) is 41.3. The Morgan fingerprint density at radius 3 is 1.29 bits per heavy atom. The van der Waals surface area contributed by atoms with Crippen LogP contribution in [-0.4, -0.2) is 362 Å². The largest absolute Gasteiger partial charge is 0.394 e. The van der Waals surface area contributed by atoms with Gasteiger partial charge < -0.3 is 169 Å². The van der Waals surface area contributed by atoms with Gasteiger partial charge in [0, 0.05) is 0 Å². The number of hydrogen-bond acceptors (Lipinski definition) is 34. The number of hydrogen-bond donors (Lipinski definition) is 22. The molecule has 33 atom stereocenters. The maximum Gasteiger partial charge on any atom is 0.249 e. The molecule has 0 saturated carbocycles. The first-order chi connectivity index (χ1) is 53.2. The third-order valence-corrected chi connectivity index (χ3v) is 22.2. The Morgan fingerprint density at radius 2 is 0.802 bits per heavy atom. The molecule has 0 bridgehead atoms. The normalized spacial score (nSPS) is 36.0. The van der Waals surface area contributed by atoms with Crippen LogP contribution in [0.2, 0.25) is 0 Å². The smallest absolute Gasteiger partial charge is 0.249 e. The van der Waals surface area contributed by atoms with Gasteiger partial charge in [0.1, 0.15) is 153 Å². The molecule has 6 aliphatic heterocycles. The van der Waals surface area contributed by atoms with Crippen LogP contribution >= 0.6 is 0 Å². The van der Waals surface area contributed by atoms with Crippen LogP contribution < -0.4 is 5.32 Å². The second-order valence-electron chi connectivity index (χ2n) is 31.7. The fourth-order valence-corrected chi connectivity index (χ4v) is 15.1. The molecule has 1 amide bonds. The van der Waals surface area contributed by atoms with Gasteiger partial charge in [-0.25, -0.2) is 0 Å². The zero-order chi connectivity index (χ0) is 81.3. The maximum absolute atomic E-state index is 13.7. The number of amides is 1. The summed E-state index contributed by atoms with van der Waals surface area (Å²) in [6, 6.07) is -1.43. The van der Waals surface area contributed by atoms with E-state index in [0.29, 0.717) is 18.8 Å². The predicted molar refractivity (Wildman–Crippen MR) is 390 cm³/mol. The second-order valence-corrected chi connectivity index (χ2v) is 31.7. The molecule has 35 nitrogen and oxygen atoms in total. The number of unbranched alkanes of at least 4 members (excludes halogenated alkanes) is 26. The van der Waals surface area contributed by atoms with Crippen molar-refractivity contribution in [3.8, 4) is 0 Å². The zero-order valence-electron chi connectivity index (χ0n) is 65.2. The molecular weight excluding hydrogens is 1470 g/mol. The Hall–Kier alpha value is -1.85. The minimum absolute atomic E-state index is 0.108. The summed E-state index contributed by atoms with van der Waals surface area (Å²) in [5.74, 6) is -0.199. The van der Waals surface area contributed by atoms with Crippen LogP contribution in [0.3, 0.4) is 0 Å². The summed E-state index contributed by atoms with van der Waals surface area (Å²) in [7, 11) is 0. The molecule has 1 unspecified atom stereocenters. The molecule has 0 aromatic carbocycles. The summed E-state index contributed by atoms with van der Waals surface area (Å²) >= 11 is 0. The van der Waals surface area contributed by atoms with Gasteiger partial charge in [0.2, 0.25) is 5.91 Å². The predicted octanol–water partition coefficient (Wildman–Crippen LogP) is -2.10. The molecule has 6 fully saturated rings. The molecular formula is C76H141NO34. The molecule has 0 radical (unpaired) electrons. The van der Waals surface area contributed by atoms with Crippen LogP contribution in [0.25, 0.3) is 0 Å². The number of ether oxygens (including phenoxy) is 12. The first-order valence-corrected chi connectivity index (χ1v) is 41.3. The molecule has 111 heavy (non-hydrogen) atoms. The third kappa shape index (κ3) is 30.4. The van der Waals surface area contributed by atoms with Crippen LogP contribution in [0.4, 0.5) is 0 Å². The van der Waals surface area contributed by atoms with Crippen molar-refractivity contribution >= 4 is 5.91 Å². The van der Waals surface area contributed by atoms with Crippen LogP contribution in [-0.2, 0) is 61.6 Å². The van der Waals surface area contributed by atoms with Crippen molar-refractivity contribution in [1.82, 2.24) is 5.32 Å². The lowest BCUT2D eigenvalue weighted by molar-refractivity contribution is -0.374. The molecule has 0 aromatic rings. The Labute approximate surface area is 652 Å². The van der Waals surface area contributed by atoms with Gasteiger partial charge in [-0.3, -0.25) is 4.79 Å². The quantitative estimate of drug-likeness (QED) is 0.0290. The number of carbonyl (C=O) groups excluding carboxylic acids is 1. The highest BCUT2D eigenvalue weighted by atomic mass is 16.8. The van der Waals surface area contributed by atoms with Crippen molar-refractivity contribution in [2.75, 3.05) is 46.2 Å². The molecule has 22 N–H and O–H groups in total. The van der Waals surface area contributed by atoms with E-state index < -0.39 is 255 Å². The number of aliphatic hydroxyl groups excluding tert-OH is 21. The lowest BCUT2D eigenvalue weighted by Gasteiger charge is -2.46. The van der Waals surface area contributed by atoms with E-state index in [2.05, 4.69) is 26.1 Å². The van der Waals surface area contributed by atoms with Crippen LogP contribution in [0, 0.1) is 5.92 Å². The van der Waals surface area contributed by atoms with Crippen molar-refractivity contribution in [2.24, 2.45) is 5.92 Å². The topological polar surface area (TPSA) is 565 Å². The molecule has 0 aromatic heterocycles. The summed E-state index contributed by atoms with van der Waals surface area (Å²) in [5.41, 5.74) is 0. The average molecular weight is 1610 g/mol. The Kier molecular flexibility index (Phi) is 46.1. The summed E-state index contributed by atoms with van der Waals surface area (Å²) in [6.07, 6.45) is -28.1. The molecule has 6 rings (SSSR count). The minimum Gasteiger partial charge on any atom is -0.394 e. The van der Waals surface area contributed by atoms with Gasteiger partial charge in [0.15, 0.2) is 37.7 Å². The van der Waals surface area contributed by atoms with Gasteiger partial charge in [0.05, 0.1) is 58.4 Å². The highest BCUT2D eigenvalue weighted by Gasteiger charge is 2.60. The Morgan fingerprint density at radius 1 is 0.387 bits per heavy atom. The summed E-state index contributed by atoms with van der Waals surface area (Å²) in [4.78, 5) is 13.7. The molecule has 654 valence electrons. The second kappa shape index (κ2) is 52.3. The van der Waals surface area contributed by atoms with Crippen molar-refractivity contribution in [3.05, 3.63) is 0 Å². The highest BCUT2D eigenvalue weighted by molar-refractivity contribution is 5.80. The van der Waals surface area contributed by atoms with E-state index in [1.54, 1.807) is 0 Å². The van der Waals surface area contributed by atoms with Crippen molar-refractivity contribution in [3.63, 3.8) is 0 Å². The SMILES string of the molecule is CCCCCCCCCCCCCCCCCCCCCCC(O)C(=O)N[C@@H](CO[C@@H]1O[C@H](CO[C@@H]2OC[C@@H](O)[C@@H](O)[C@@H]2O[C@H]2O[C@H](CO)[C@H](O)[C@H](O[C@@H]3O[C@@H]([C@H](O)CO)[C@H](O[C@H]4O[C@@H]([C@H](O)CO)[C@H](O)[C@H]4O)[C@H]3O[C@H]3O[C@@H]([C@H](O)CO)[C@H](O)[C@H]3O)[C@H]2O)[C@@H](O)[C@H](O)[C@H]1O)[C@H](O)[C@H](O)CCCCCCCCCCC(C)C. The monoisotopic (exact) mass is 1610 g/mol. The molecule has 0 spiro atoms. The van der Waals surface area contributed by atoms with E-state index in [-0.39, 0.29) is 12.8 Å².